The van der Waals surface area contributed by atoms with Crippen molar-refractivity contribution in [1.29, 1.82) is 0 Å². The van der Waals surface area contributed by atoms with Crippen LogP contribution < -0.4 is 10.6 Å². The molecule has 11 nitrogen and oxygen atoms in total. The van der Waals surface area contributed by atoms with Crippen LogP contribution in [0.2, 0.25) is 0 Å². The van der Waals surface area contributed by atoms with E-state index in [1.807, 2.05) is 24.3 Å². The van der Waals surface area contributed by atoms with E-state index in [9.17, 15) is 27.9 Å². The lowest BCUT2D eigenvalue weighted by Gasteiger charge is -2.19. The summed E-state index contributed by atoms with van der Waals surface area (Å²) in [6, 6.07) is 19.8. The molecular weight excluding hydrogens is 655 g/mol. The minimum Gasteiger partial charge on any atom is -0.478 e. The largest absolute Gasteiger partial charge is 0.478 e. The minimum absolute atomic E-state index is 0.0818. The third-order valence-electron chi connectivity index (χ3n) is 8.22. The molecule has 0 radical (unpaired) electrons. The number of nitrogens with one attached hydrogen (secondary N) is 2. The zero-order chi connectivity index (χ0) is 34.4. The Bertz CT molecular complexity index is 1900. The van der Waals surface area contributed by atoms with Gasteiger partial charge in [-0.3, -0.25) is 9.59 Å². The van der Waals surface area contributed by atoms with Gasteiger partial charge in [-0.1, -0.05) is 30.3 Å². The number of carbonyl (C=O) groups is 3. The van der Waals surface area contributed by atoms with Gasteiger partial charge in [0.2, 0.25) is 10.0 Å². The molecular formula is C35H37N3O8S2. The van der Waals surface area contributed by atoms with E-state index in [1.165, 1.54) is 42.6 Å². The fraction of sp³-hybridized carbons (Fsp3) is 0.286. The lowest BCUT2D eigenvalue weighted by atomic mass is 9.95. The number of carbonyl (C=O) groups excluding carboxylic acids is 2. The van der Waals surface area contributed by atoms with Gasteiger partial charge in [-0.05, 0) is 97.7 Å². The number of likely N-dealkylation sites (N-methyl/N-ethyl adjacent to an activating group) is 1. The Labute approximate surface area is 282 Å². The van der Waals surface area contributed by atoms with Crippen molar-refractivity contribution in [2.24, 2.45) is 0 Å². The highest BCUT2D eigenvalue weighted by Crippen LogP contribution is 2.39. The zero-order valence-corrected chi connectivity index (χ0v) is 27.9. The molecule has 1 heterocycles. The number of benzene rings is 3. The maximum Gasteiger partial charge on any atom is 0.335 e. The molecule has 5 rings (SSSR count). The van der Waals surface area contributed by atoms with Gasteiger partial charge in [0.15, 0.2) is 0 Å². The summed E-state index contributed by atoms with van der Waals surface area (Å²) in [5.74, 6) is -1.88. The minimum atomic E-state index is -4.06. The van der Waals surface area contributed by atoms with Crippen molar-refractivity contribution >= 4 is 49.8 Å². The fourth-order valence-corrected chi connectivity index (χ4v) is 8.09. The van der Waals surface area contributed by atoms with Gasteiger partial charge in [-0.15, -0.1) is 11.3 Å². The number of thiophene rings is 1. The molecule has 2 amide bonds. The topological polar surface area (TPSA) is 173 Å². The molecule has 5 N–H and O–H groups in total. The number of hydrogen-bond acceptors (Lipinski definition) is 8. The summed E-state index contributed by atoms with van der Waals surface area (Å²) in [5.41, 5.74) is 4.30. The zero-order valence-electron chi connectivity index (χ0n) is 26.3. The van der Waals surface area contributed by atoms with Crippen molar-refractivity contribution < 1.29 is 38.1 Å². The van der Waals surface area contributed by atoms with Crippen LogP contribution in [0.3, 0.4) is 0 Å². The average molecular weight is 692 g/mol. The number of aryl methyl sites for hydroxylation is 3. The third kappa shape index (κ3) is 8.17. The molecule has 0 aliphatic heterocycles. The van der Waals surface area contributed by atoms with Crippen LogP contribution in [0.5, 0.6) is 0 Å². The lowest BCUT2D eigenvalue weighted by molar-refractivity contribution is 0.0696. The second-order valence-corrected chi connectivity index (χ2v) is 14.8. The van der Waals surface area contributed by atoms with E-state index in [4.69, 9.17) is 10.2 Å². The molecule has 48 heavy (non-hydrogen) atoms. The van der Waals surface area contributed by atoms with Gasteiger partial charge in [-0.25, -0.2) is 13.2 Å². The number of hydrogen-bond donors (Lipinski definition) is 5. The Morgan fingerprint density at radius 1 is 0.875 bits per heavy atom. The molecule has 1 aliphatic rings. The second-order valence-electron chi connectivity index (χ2n) is 11.7. The predicted molar refractivity (Wildman–Crippen MR) is 183 cm³/mol. The maximum atomic E-state index is 13.7. The van der Waals surface area contributed by atoms with Crippen molar-refractivity contribution in [3.63, 3.8) is 0 Å². The number of nitrogens with zero attached hydrogens (tertiary/aromatic N) is 1. The quantitative estimate of drug-likeness (QED) is 0.135. The van der Waals surface area contributed by atoms with E-state index >= 15 is 0 Å². The highest BCUT2D eigenvalue weighted by molar-refractivity contribution is 7.89. The highest BCUT2D eigenvalue weighted by atomic mass is 32.2. The van der Waals surface area contributed by atoms with Crippen LogP contribution in [0.4, 0.5) is 10.7 Å². The number of fused-ring (bicyclic) bond motifs is 1. The number of aliphatic hydroxyl groups excluding tert-OH is 2. The van der Waals surface area contributed by atoms with E-state index in [1.54, 1.807) is 24.3 Å². The summed E-state index contributed by atoms with van der Waals surface area (Å²) >= 11 is 1.35. The first kappa shape index (κ1) is 34.9. The molecule has 0 saturated carbocycles. The molecule has 0 fully saturated rings. The number of amides is 2. The van der Waals surface area contributed by atoms with Crippen LogP contribution in [0.1, 0.15) is 65.5 Å². The monoisotopic (exact) mass is 691 g/mol. The molecule has 3 aromatic carbocycles. The molecule has 0 spiro atoms. The smallest absolute Gasteiger partial charge is 0.335 e. The van der Waals surface area contributed by atoms with Gasteiger partial charge in [0.25, 0.3) is 11.8 Å². The number of aliphatic hydroxyl groups is 2. The molecule has 1 unspecified atom stereocenters. The Hall–Kier alpha value is -4.40. The summed E-state index contributed by atoms with van der Waals surface area (Å²) in [6.07, 6.45) is 3.61. The van der Waals surface area contributed by atoms with Gasteiger partial charge >= 0.3 is 5.97 Å². The molecule has 1 atom stereocenters. The second kappa shape index (κ2) is 15.2. The van der Waals surface area contributed by atoms with Crippen molar-refractivity contribution in [3.05, 3.63) is 111 Å². The number of sulfonamides is 1. The first-order valence-electron chi connectivity index (χ1n) is 15.5. The van der Waals surface area contributed by atoms with Gasteiger partial charge in [0.1, 0.15) is 5.00 Å². The summed E-state index contributed by atoms with van der Waals surface area (Å²) in [4.78, 5) is 39.1. The van der Waals surface area contributed by atoms with E-state index in [0.717, 1.165) is 58.0 Å². The Kier molecular flexibility index (Phi) is 11.1. The first-order valence-corrected chi connectivity index (χ1v) is 17.8. The lowest BCUT2D eigenvalue weighted by Crippen LogP contribution is -2.36. The number of anilines is 2. The molecule has 1 aromatic heterocycles. The van der Waals surface area contributed by atoms with Crippen LogP contribution in [0, 0.1) is 0 Å². The third-order valence-corrected chi connectivity index (χ3v) is 11.3. The van der Waals surface area contributed by atoms with Crippen molar-refractivity contribution in [2.45, 2.75) is 49.5 Å². The normalized spacial score (nSPS) is 13.5. The van der Waals surface area contributed by atoms with E-state index in [-0.39, 0.29) is 28.5 Å². The van der Waals surface area contributed by atoms with Crippen molar-refractivity contribution in [1.82, 2.24) is 4.31 Å². The van der Waals surface area contributed by atoms with E-state index < -0.39 is 34.6 Å². The molecule has 1 aliphatic carbocycles. The van der Waals surface area contributed by atoms with Gasteiger partial charge in [0.05, 0.1) is 28.7 Å². The van der Waals surface area contributed by atoms with Crippen molar-refractivity contribution in [3.8, 4) is 0 Å². The molecule has 0 saturated heterocycles. The molecule has 4 aromatic rings. The van der Waals surface area contributed by atoms with Crippen molar-refractivity contribution in [2.75, 3.05) is 30.8 Å². The van der Waals surface area contributed by atoms with Gasteiger partial charge in [-0.2, -0.15) is 4.31 Å². The van der Waals surface area contributed by atoms with Gasteiger partial charge in [0, 0.05) is 29.7 Å². The average Bonchev–Trinajstić information content (AvgIpc) is 3.45. The molecule has 0 bridgehead atoms. The number of aromatic carboxylic acids is 1. The molecule has 252 valence electrons. The Morgan fingerprint density at radius 3 is 2.17 bits per heavy atom. The summed E-state index contributed by atoms with van der Waals surface area (Å²) in [7, 11) is -2.78. The number of rotatable bonds is 13. The Morgan fingerprint density at radius 2 is 1.52 bits per heavy atom. The van der Waals surface area contributed by atoms with E-state index in [2.05, 4.69) is 10.6 Å². The van der Waals surface area contributed by atoms with Crippen LogP contribution in [-0.4, -0.2) is 72.1 Å². The predicted octanol–water partition coefficient (Wildman–Crippen LogP) is 4.59. The van der Waals surface area contributed by atoms with Crippen LogP contribution in [0.15, 0.2) is 77.7 Å². The SMILES string of the molecule is CN(CC(O)CO)S(=O)(=O)c1cccc(C(=O)Nc2sc3c(c2C(=O)Nc2ccc(CCc4ccc(C(=O)O)cc4)cc2)CCCC3)c1. The Balaban J connectivity index is 1.29. The maximum absolute atomic E-state index is 13.7. The standard InChI is InChI=1S/C35H37N3O8S2/c1-38(20-27(40)21-39)48(45,46)28-6-4-5-25(19-28)32(41)37-34-31(29-7-2-3-8-30(29)47-34)33(42)36-26-17-13-23(14-18-26)10-9-22-11-15-24(16-12-22)35(43)44/h4-6,11-19,27,39-40H,2-3,7-10,20-21H2,1H3,(H,36,42)(H,37,41)(H,43,44). The number of carboxylic acids is 1. The fourth-order valence-electron chi connectivity index (χ4n) is 5.55. The summed E-state index contributed by atoms with van der Waals surface area (Å²) in [6.45, 7) is -0.912. The van der Waals surface area contributed by atoms with Crippen LogP contribution in [-0.2, 0) is 35.7 Å². The number of carboxylic acid groups (broad SMARTS) is 1. The van der Waals surface area contributed by atoms with E-state index in [0.29, 0.717) is 22.7 Å². The summed E-state index contributed by atoms with van der Waals surface area (Å²) < 4.78 is 27.0. The highest BCUT2D eigenvalue weighted by Gasteiger charge is 2.28. The van der Waals surface area contributed by atoms with Crippen LogP contribution in [0.25, 0.3) is 0 Å². The van der Waals surface area contributed by atoms with Crippen LogP contribution >= 0.6 is 11.3 Å². The van der Waals surface area contributed by atoms with Gasteiger partial charge < -0.3 is 26.0 Å². The first-order chi connectivity index (χ1) is 23.0. The molecule has 13 heteroatoms. The summed E-state index contributed by atoms with van der Waals surface area (Å²) in [5, 5.41) is 34.1.